The second-order valence-corrected chi connectivity index (χ2v) is 8.42. The Morgan fingerprint density at radius 2 is 1.93 bits per heavy atom. The van der Waals surface area contributed by atoms with E-state index in [1.807, 2.05) is 48.3 Å². The van der Waals surface area contributed by atoms with Crippen LogP contribution < -0.4 is 4.90 Å². The van der Waals surface area contributed by atoms with Crippen LogP contribution in [0.5, 0.6) is 0 Å². The number of likely N-dealkylation sites (N-methyl/N-ethyl adjacent to an activating group) is 1. The zero-order valence-corrected chi connectivity index (χ0v) is 15.6. The fraction of sp³-hybridized carbons (Fsp3) is 0.263. The Labute approximate surface area is 157 Å². The number of fused-ring (bicyclic) bond motifs is 2. The minimum atomic E-state index is -3.61. The lowest BCUT2D eigenvalue weighted by Gasteiger charge is -2.26. The van der Waals surface area contributed by atoms with Gasteiger partial charge in [-0.15, -0.1) is 4.40 Å². The number of amidine groups is 1. The molecule has 3 heterocycles. The fourth-order valence-corrected chi connectivity index (χ4v) is 4.98. The first-order valence-electron chi connectivity index (χ1n) is 8.81. The summed E-state index contributed by atoms with van der Waals surface area (Å²) in [5.41, 5.74) is 2.27. The molecule has 0 radical (unpaired) electrons. The lowest BCUT2D eigenvalue weighted by molar-refractivity contribution is 0.392. The predicted molar refractivity (Wildman–Crippen MR) is 103 cm³/mol. The van der Waals surface area contributed by atoms with Gasteiger partial charge in [-0.1, -0.05) is 24.3 Å². The van der Waals surface area contributed by atoms with Gasteiger partial charge in [0.2, 0.25) is 0 Å². The maximum atomic E-state index is 12.3. The molecule has 27 heavy (non-hydrogen) atoms. The molecule has 7 nitrogen and oxygen atoms in total. The molecule has 3 aromatic rings. The van der Waals surface area contributed by atoms with Crippen molar-refractivity contribution < 1.29 is 12.8 Å². The van der Waals surface area contributed by atoms with Crippen molar-refractivity contribution in [1.29, 1.82) is 0 Å². The molecule has 1 fully saturated rings. The molecule has 8 heteroatoms. The highest BCUT2D eigenvalue weighted by molar-refractivity contribution is 7.90. The number of hydrogen-bond donors (Lipinski definition) is 0. The molecule has 5 rings (SSSR count). The van der Waals surface area contributed by atoms with Gasteiger partial charge in [0.15, 0.2) is 11.4 Å². The Hall–Kier alpha value is -2.87. The molecular weight excluding hydrogens is 364 g/mol. The third-order valence-corrected chi connectivity index (χ3v) is 6.54. The van der Waals surface area contributed by atoms with Crippen molar-refractivity contribution in [1.82, 2.24) is 9.88 Å². The number of benzene rings is 2. The number of hydrogen-bond acceptors (Lipinski definition) is 6. The van der Waals surface area contributed by atoms with Crippen molar-refractivity contribution in [2.24, 2.45) is 4.40 Å². The number of para-hydroxylation sites is 2. The standard InChI is InChI=1S/C19H18N4O3S/c1-22(18-14-6-2-5-9-17(14)27(24,25)21-18)13-10-11-23(12-13)19-20-15-7-3-4-8-16(15)26-19/h2-9,13H,10-12H2,1H3. The lowest BCUT2D eigenvalue weighted by Crippen LogP contribution is -2.39. The average molecular weight is 382 g/mol. The average Bonchev–Trinajstić information content (AvgIpc) is 3.37. The maximum absolute atomic E-state index is 12.3. The van der Waals surface area contributed by atoms with Gasteiger partial charge in [0, 0.05) is 31.7 Å². The quantitative estimate of drug-likeness (QED) is 0.678. The van der Waals surface area contributed by atoms with Gasteiger partial charge < -0.3 is 14.2 Å². The Morgan fingerprint density at radius 1 is 1.15 bits per heavy atom. The van der Waals surface area contributed by atoms with Crippen LogP contribution in [-0.4, -0.2) is 50.3 Å². The molecule has 2 aliphatic heterocycles. The van der Waals surface area contributed by atoms with Crippen molar-refractivity contribution >= 4 is 33.0 Å². The summed E-state index contributed by atoms with van der Waals surface area (Å²) in [6.45, 7) is 1.49. The summed E-state index contributed by atoms with van der Waals surface area (Å²) >= 11 is 0. The van der Waals surface area contributed by atoms with Crippen LogP contribution in [0.3, 0.4) is 0 Å². The smallest absolute Gasteiger partial charge is 0.298 e. The van der Waals surface area contributed by atoms with E-state index in [-0.39, 0.29) is 10.9 Å². The van der Waals surface area contributed by atoms with Crippen LogP contribution >= 0.6 is 0 Å². The topological polar surface area (TPSA) is 79.0 Å². The second-order valence-electron chi connectivity index (χ2n) is 6.85. The zero-order valence-electron chi connectivity index (χ0n) is 14.7. The molecule has 2 aliphatic rings. The summed E-state index contributed by atoms with van der Waals surface area (Å²) in [7, 11) is -1.71. The number of aromatic nitrogens is 1. The summed E-state index contributed by atoms with van der Waals surface area (Å²) in [4.78, 5) is 8.90. The van der Waals surface area contributed by atoms with Gasteiger partial charge in [0.1, 0.15) is 10.4 Å². The number of sulfonamides is 1. The number of rotatable bonds is 2. The molecule has 138 valence electrons. The summed E-state index contributed by atoms with van der Waals surface area (Å²) in [5.74, 6) is 0.509. The largest absolute Gasteiger partial charge is 0.423 e. The minimum Gasteiger partial charge on any atom is -0.423 e. The Morgan fingerprint density at radius 3 is 2.78 bits per heavy atom. The van der Waals surface area contributed by atoms with E-state index in [0.29, 0.717) is 24.0 Å². The van der Waals surface area contributed by atoms with E-state index in [4.69, 9.17) is 4.42 Å². The molecule has 1 atom stereocenters. The van der Waals surface area contributed by atoms with Crippen LogP contribution in [-0.2, 0) is 10.0 Å². The van der Waals surface area contributed by atoms with Gasteiger partial charge in [0.05, 0.1) is 0 Å². The molecule has 0 spiro atoms. The Balaban J connectivity index is 1.40. The zero-order chi connectivity index (χ0) is 18.6. The predicted octanol–water partition coefficient (Wildman–Crippen LogP) is 2.49. The van der Waals surface area contributed by atoms with Gasteiger partial charge in [0.25, 0.3) is 16.0 Å². The van der Waals surface area contributed by atoms with E-state index in [1.54, 1.807) is 12.1 Å². The Bertz CT molecular complexity index is 1140. The van der Waals surface area contributed by atoms with Crippen LogP contribution in [0, 0.1) is 0 Å². The molecule has 2 aromatic carbocycles. The number of anilines is 1. The van der Waals surface area contributed by atoms with Crippen LogP contribution in [0.15, 0.2) is 62.2 Å². The molecular formula is C19H18N4O3S. The van der Waals surface area contributed by atoms with Crippen molar-refractivity contribution in [2.45, 2.75) is 17.4 Å². The van der Waals surface area contributed by atoms with Crippen LogP contribution in [0.25, 0.3) is 11.1 Å². The van der Waals surface area contributed by atoms with Gasteiger partial charge in [-0.05, 0) is 30.7 Å². The van der Waals surface area contributed by atoms with Gasteiger partial charge in [-0.25, -0.2) is 0 Å². The fourth-order valence-electron chi connectivity index (χ4n) is 3.74. The molecule has 0 aliphatic carbocycles. The van der Waals surface area contributed by atoms with Crippen LogP contribution in [0.2, 0.25) is 0 Å². The molecule has 0 N–H and O–H groups in total. The van der Waals surface area contributed by atoms with Gasteiger partial charge in [-0.3, -0.25) is 0 Å². The molecule has 0 bridgehead atoms. The normalized spacial score (nSPS) is 20.7. The van der Waals surface area contributed by atoms with Crippen molar-refractivity contribution in [3.8, 4) is 0 Å². The highest BCUT2D eigenvalue weighted by Gasteiger charge is 2.36. The minimum absolute atomic E-state index is 0.125. The van der Waals surface area contributed by atoms with E-state index in [9.17, 15) is 8.42 Å². The monoisotopic (exact) mass is 382 g/mol. The first-order valence-corrected chi connectivity index (χ1v) is 10.2. The van der Waals surface area contributed by atoms with E-state index < -0.39 is 10.0 Å². The van der Waals surface area contributed by atoms with Gasteiger partial charge >= 0.3 is 0 Å². The molecule has 1 saturated heterocycles. The summed E-state index contributed by atoms with van der Waals surface area (Å²) in [6.07, 6.45) is 0.871. The van der Waals surface area contributed by atoms with E-state index >= 15 is 0 Å². The first kappa shape index (κ1) is 16.3. The summed E-state index contributed by atoms with van der Waals surface area (Å²) in [5, 5.41) is 0. The van der Waals surface area contributed by atoms with Crippen LogP contribution in [0.1, 0.15) is 12.0 Å². The van der Waals surface area contributed by atoms with Crippen LogP contribution in [0.4, 0.5) is 6.01 Å². The third-order valence-electron chi connectivity index (χ3n) is 5.21. The summed E-state index contributed by atoms with van der Waals surface area (Å²) < 4.78 is 34.5. The number of oxazole rings is 1. The highest BCUT2D eigenvalue weighted by Crippen LogP contribution is 2.30. The second kappa shape index (κ2) is 5.82. The molecule has 0 amide bonds. The molecule has 1 unspecified atom stereocenters. The third kappa shape index (κ3) is 2.59. The van der Waals surface area contributed by atoms with E-state index in [1.165, 1.54) is 0 Å². The van der Waals surface area contributed by atoms with Crippen molar-refractivity contribution in [3.05, 3.63) is 54.1 Å². The molecule has 0 saturated carbocycles. The highest BCUT2D eigenvalue weighted by atomic mass is 32.2. The SMILES string of the molecule is CN(C1=NS(=O)(=O)c2ccccc21)C1CCN(c2nc3ccccc3o2)C1. The first-order chi connectivity index (χ1) is 13.0. The van der Waals surface area contributed by atoms with Crippen molar-refractivity contribution in [3.63, 3.8) is 0 Å². The lowest BCUT2D eigenvalue weighted by atomic mass is 10.1. The van der Waals surface area contributed by atoms with Gasteiger partial charge in [-0.2, -0.15) is 13.4 Å². The molecule has 1 aromatic heterocycles. The van der Waals surface area contributed by atoms with E-state index in [0.717, 1.165) is 24.1 Å². The Kier molecular flexibility index (Phi) is 3.51. The summed E-state index contributed by atoms with van der Waals surface area (Å²) in [6, 6.07) is 15.4. The maximum Gasteiger partial charge on any atom is 0.298 e. The number of nitrogens with zero attached hydrogens (tertiary/aromatic N) is 4. The van der Waals surface area contributed by atoms with Crippen molar-refractivity contribution in [2.75, 3.05) is 25.0 Å². The van der Waals surface area contributed by atoms with E-state index in [2.05, 4.69) is 14.3 Å².